The Balaban J connectivity index is 1.27. The van der Waals surface area contributed by atoms with E-state index in [2.05, 4.69) is 12.2 Å². The van der Waals surface area contributed by atoms with Gasteiger partial charge in [-0.25, -0.2) is 0 Å². The third-order valence-corrected chi connectivity index (χ3v) is 6.76. The Bertz CT molecular complexity index is 814. The average molecular weight is 372 g/mol. The van der Waals surface area contributed by atoms with Crippen molar-refractivity contribution >= 4 is 29.4 Å². The highest BCUT2D eigenvalue weighted by Gasteiger charge is 2.67. The molecule has 26 heavy (non-hydrogen) atoms. The SMILES string of the molecule is O=C(CN1C(=O)[C@@H]2[C@H]3C=C[C@@H]([C@@H]4C[C@@H]34)[C@@H]2C1=O)OCc1ccccc1Cl. The summed E-state index contributed by atoms with van der Waals surface area (Å²) in [5, 5.41) is 0.515. The maximum atomic E-state index is 12.8. The molecule has 1 aromatic carbocycles. The maximum Gasteiger partial charge on any atom is 0.326 e. The van der Waals surface area contributed by atoms with Crippen molar-refractivity contribution in [3.8, 4) is 0 Å². The molecule has 1 saturated heterocycles. The van der Waals surface area contributed by atoms with Crippen LogP contribution in [0.1, 0.15) is 12.0 Å². The zero-order valence-corrected chi connectivity index (χ0v) is 14.8. The van der Waals surface area contributed by atoms with Crippen molar-refractivity contribution in [3.63, 3.8) is 0 Å². The van der Waals surface area contributed by atoms with Gasteiger partial charge in [-0.1, -0.05) is 42.0 Å². The second-order valence-electron chi connectivity index (χ2n) is 7.67. The fourth-order valence-corrected chi connectivity index (χ4v) is 5.31. The number of esters is 1. The van der Waals surface area contributed by atoms with Crippen LogP contribution in [0.15, 0.2) is 36.4 Å². The van der Waals surface area contributed by atoms with Gasteiger partial charge in [0.05, 0.1) is 11.8 Å². The van der Waals surface area contributed by atoms with Gasteiger partial charge >= 0.3 is 5.97 Å². The van der Waals surface area contributed by atoms with Crippen LogP contribution < -0.4 is 0 Å². The number of hydrogen-bond acceptors (Lipinski definition) is 4. The molecule has 4 aliphatic carbocycles. The number of allylic oxidation sites excluding steroid dienone is 2. The third-order valence-electron chi connectivity index (χ3n) is 6.39. The molecule has 0 unspecified atom stereocenters. The Morgan fingerprint density at radius 1 is 1.08 bits per heavy atom. The lowest BCUT2D eigenvalue weighted by Crippen LogP contribution is -2.40. The summed E-state index contributed by atoms with van der Waals surface area (Å²) in [4.78, 5) is 38.9. The summed E-state index contributed by atoms with van der Waals surface area (Å²) in [6, 6.07) is 7.09. The molecule has 1 aliphatic heterocycles. The lowest BCUT2D eigenvalue weighted by atomic mass is 9.63. The van der Waals surface area contributed by atoms with Crippen molar-refractivity contribution in [1.29, 1.82) is 0 Å². The predicted molar refractivity (Wildman–Crippen MR) is 92.7 cm³/mol. The highest BCUT2D eigenvalue weighted by Crippen LogP contribution is 2.65. The monoisotopic (exact) mass is 371 g/mol. The number of halogens is 1. The molecule has 6 rings (SSSR count). The predicted octanol–water partition coefficient (Wildman–Crippen LogP) is 2.44. The van der Waals surface area contributed by atoms with Crippen molar-refractivity contribution in [1.82, 2.24) is 4.90 Å². The summed E-state index contributed by atoms with van der Waals surface area (Å²) in [5.41, 5.74) is 0.692. The minimum atomic E-state index is -0.587. The van der Waals surface area contributed by atoms with Crippen molar-refractivity contribution in [2.45, 2.75) is 13.0 Å². The van der Waals surface area contributed by atoms with E-state index in [0.717, 1.165) is 11.3 Å². The van der Waals surface area contributed by atoms with Gasteiger partial charge in [0.15, 0.2) is 0 Å². The van der Waals surface area contributed by atoms with Crippen LogP contribution in [0.3, 0.4) is 0 Å². The summed E-state index contributed by atoms with van der Waals surface area (Å²) in [6.07, 6.45) is 5.35. The van der Waals surface area contributed by atoms with E-state index in [0.29, 0.717) is 22.4 Å². The van der Waals surface area contributed by atoms with Crippen molar-refractivity contribution < 1.29 is 19.1 Å². The Kier molecular flexibility index (Phi) is 3.51. The fourth-order valence-electron chi connectivity index (χ4n) is 5.12. The summed E-state index contributed by atoms with van der Waals surface area (Å²) in [5.74, 6) is -0.138. The number of nitrogens with zero attached hydrogens (tertiary/aromatic N) is 1. The molecular weight excluding hydrogens is 354 g/mol. The first-order valence-corrected chi connectivity index (χ1v) is 9.36. The number of likely N-dealkylation sites (tertiary alicyclic amines) is 1. The van der Waals surface area contributed by atoms with Gasteiger partial charge in [-0.15, -0.1) is 0 Å². The number of carbonyl (C=O) groups excluding carboxylic acids is 3. The number of ether oxygens (including phenoxy) is 1. The van der Waals surface area contributed by atoms with Gasteiger partial charge in [0.2, 0.25) is 11.8 Å². The Morgan fingerprint density at radius 3 is 2.31 bits per heavy atom. The topological polar surface area (TPSA) is 63.7 Å². The highest BCUT2D eigenvalue weighted by molar-refractivity contribution is 6.31. The number of carbonyl (C=O) groups is 3. The van der Waals surface area contributed by atoms with Gasteiger partial charge in [0, 0.05) is 10.6 Å². The van der Waals surface area contributed by atoms with Crippen LogP contribution in [0.25, 0.3) is 0 Å². The molecular formula is C20H18ClNO4. The fraction of sp³-hybridized carbons (Fsp3) is 0.450. The van der Waals surface area contributed by atoms with Crippen molar-refractivity contribution in [2.24, 2.45) is 35.5 Å². The molecule has 5 aliphatic rings. The highest BCUT2D eigenvalue weighted by atomic mass is 35.5. The molecule has 6 atom stereocenters. The largest absolute Gasteiger partial charge is 0.459 e. The third kappa shape index (κ3) is 2.26. The van der Waals surface area contributed by atoms with E-state index < -0.39 is 5.97 Å². The lowest BCUT2D eigenvalue weighted by molar-refractivity contribution is -0.154. The van der Waals surface area contributed by atoms with E-state index in [1.165, 1.54) is 0 Å². The lowest BCUT2D eigenvalue weighted by Gasteiger charge is -2.37. The average Bonchev–Trinajstić information content (AvgIpc) is 3.42. The molecule has 3 fully saturated rings. The van der Waals surface area contributed by atoms with Crippen LogP contribution in [0, 0.1) is 35.5 Å². The van der Waals surface area contributed by atoms with Gasteiger partial charge in [-0.05, 0) is 36.2 Å². The number of benzene rings is 1. The summed E-state index contributed by atoms with van der Waals surface area (Å²) in [6.45, 7) is -0.289. The zero-order valence-electron chi connectivity index (χ0n) is 14.0. The number of hydrogen-bond donors (Lipinski definition) is 0. The van der Waals surface area contributed by atoms with Crippen LogP contribution in [0.4, 0.5) is 0 Å². The Morgan fingerprint density at radius 2 is 1.69 bits per heavy atom. The summed E-state index contributed by atoms with van der Waals surface area (Å²) >= 11 is 6.05. The molecule has 0 aromatic heterocycles. The van der Waals surface area contributed by atoms with Crippen LogP contribution in [-0.2, 0) is 25.7 Å². The molecule has 0 N–H and O–H groups in total. The maximum absolute atomic E-state index is 12.8. The normalized spacial score (nSPS) is 36.1. The van der Waals surface area contributed by atoms with E-state index in [1.54, 1.807) is 24.3 Å². The molecule has 0 spiro atoms. The molecule has 2 amide bonds. The minimum absolute atomic E-state index is 0.0263. The van der Waals surface area contributed by atoms with E-state index in [-0.39, 0.29) is 48.6 Å². The van der Waals surface area contributed by atoms with Gasteiger partial charge in [0.25, 0.3) is 0 Å². The van der Waals surface area contributed by atoms with Crippen LogP contribution in [0.2, 0.25) is 5.02 Å². The first kappa shape index (κ1) is 16.1. The molecule has 1 heterocycles. The van der Waals surface area contributed by atoms with Gasteiger partial charge in [0.1, 0.15) is 13.2 Å². The van der Waals surface area contributed by atoms with Gasteiger partial charge in [-0.3, -0.25) is 19.3 Å². The van der Waals surface area contributed by atoms with Crippen molar-refractivity contribution in [3.05, 3.63) is 47.0 Å². The molecule has 0 radical (unpaired) electrons. The first-order valence-electron chi connectivity index (χ1n) is 8.99. The number of amides is 2. The van der Waals surface area contributed by atoms with E-state index in [4.69, 9.17) is 16.3 Å². The zero-order chi connectivity index (χ0) is 18.0. The molecule has 134 valence electrons. The standard InChI is InChI=1S/C20H18ClNO4/c21-15-4-2-1-3-10(15)9-26-16(23)8-22-19(24)17-11-5-6-12(14-7-13(11)14)18(17)20(22)25/h1-6,11-14,17-18H,7-9H2/t11-,12-,13-,14-,17-,18+/m0/s1. The Hall–Kier alpha value is -2.14. The van der Waals surface area contributed by atoms with Crippen LogP contribution >= 0.6 is 11.6 Å². The Labute approximate surface area is 155 Å². The molecule has 2 saturated carbocycles. The second-order valence-corrected chi connectivity index (χ2v) is 8.08. The molecule has 2 bridgehead atoms. The van der Waals surface area contributed by atoms with E-state index in [1.807, 2.05) is 0 Å². The van der Waals surface area contributed by atoms with Crippen LogP contribution in [0.5, 0.6) is 0 Å². The van der Waals surface area contributed by atoms with Crippen molar-refractivity contribution in [2.75, 3.05) is 6.54 Å². The summed E-state index contributed by atoms with van der Waals surface area (Å²) < 4.78 is 5.23. The van der Waals surface area contributed by atoms with E-state index in [9.17, 15) is 14.4 Å². The quantitative estimate of drug-likeness (QED) is 0.463. The molecule has 6 heteroatoms. The van der Waals surface area contributed by atoms with Gasteiger partial charge < -0.3 is 4.74 Å². The number of rotatable bonds is 4. The second kappa shape index (κ2) is 5.68. The number of imide groups is 1. The van der Waals surface area contributed by atoms with Gasteiger partial charge in [-0.2, -0.15) is 0 Å². The molecule has 5 nitrogen and oxygen atoms in total. The van der Waals surface area contributed by atoms with Crippen LogP contribution in [-0.4, -0.2) is 29.2 Å². The first-order chi connectivity index (χ1) is 12.6. The molecule has 1 aromatic rings. The van der Waals surface area contributed by atoms with E-state index >= 15 is 0 Å². The summed E-state index contributed by atoms with van der Waals surface area (Å²) in [7, 11) is 0. The smallest absolute Gasteiger partial charge is 0.326 e. The minimum Gasteiger partial charge on any atom is -0.459 e.